The lowest BCUT2D eigenvalue weighted by Gasteiger charge is -2.37. The van der Waals surface area contributed by atoms with Crippen LogP contribution in [0.4, 0.5) is 4.79 Å². The molecule has 2 heterocycles. The summed E-state index contributed by atoms with van der Waals surface area (Å²) in [5.74, 6) is 1.09. The number of rotatable bonds is 9. The van der Waals surface area contributed by atoms with Gasteiger partial charge in [-0.05, 0) is 55.3 Å². The summed E-state index contributed by atoms with van der Waals surface area (Å²) in [4.78, 5) is 30.9. The lowest BCUT2D eigenvalue weighted by Crippen LogP contribution is -2.50. The highest BCUT2D eigenvalue weighted by Crippen LogP contribution is 2.34. The van der Waals surface area contributed by atoms with Crippen molar-refractivity contribution in [1.82, 2.24) is 15.1 Å². The average molecular weight is 458 g/mol. The maximum Gasteiger partial charge on any atom is 0.317 e. The lowest BCUT2D eigenvalue weighted by molar-refractivity contribution is -0.135. The van der Waals surface area contributed by atoms with Gasteiger partial charge in [-0.25, -0.2) is 4.79 Å². The monoisotopic (exact) mass is 457 g/mol. The number of thiophene rings is 1. The molecule has 3 amide bonds. The molecule has 174 valence electrons. The van der Waals surface area contributed by atoms with Crippen molar-refractivity contribution in [3.8, 4) is 5.75 Å². The largest absolute Gasteiger partial charge is 0.491 e. The molecule has 3 rings (SSSR count). The number of nitrogens with zero attached hydrogens (tertiary/aromatic N) is 2. The Morgan fingerprint density at radius 1 is 1.25 bits per heavy atom. The van der Waals surface area contributed by atoms with E-state index in [-0.39, 0.29) is 24.5 Å². The van der Waals surface area contributed by atoms with Crippen molar-refractivity contribution in [2.45, 2.75) is 46.6 Å². The number of fused-ring (bicyclic) bond motifs is 1. The maximum absolute atomic E-state index is 13.4. The highest BCUT2D eigenvalue weighted by molar-refractivity contribution is 7.10. The van der Waals surface area contributed by atoms with Crippen molar-refractivity contribution in [1.29, 1.82) is 0 Å². The van der Waals surface area contributed by atoms with Crippen LogP contribution in [0.5, 0.6) is 5.75 Å². The van der Waals surface area contributed by atoms with E-state index < -0.39 is 0 Å². The van der Waals surface area contributed by atoms with Crippen molar-refractivity contribution in [2.24, 2.45) is 5.92 Å². The minimum absolute atomic E-state index is 0.0334. The number of nitrogens with one attached hydrogen (secondary N) is 1. The van der Waals surface area contributed by atoms with Crippen molar-refractivity contribution in [3.05, 3.63) is 51.7 Å². The number of ether oxygens (including phenoxy) is 1. The van der Waals surface area contributed by atoms with Gasteiger partial charge in [-0.3, -0.25) is 4.79 Å². The molecule has 0 fully saturated rings. The fourth-order valence-electron chi connectivity index (χ4n) is 3.93. The number of urea groups is 1. The van der Waals surface area contributed by atoms with Crippen LogP contribution < -0.4 is 10.1 Å². The molecule has 0 saturated carbocycles. The second-order valence-electron chi connectivity index (χ2n) is 8.51. The van der Waals surface area contributed by atoms with Gasteiger partial charge in [0.25, 0.3) is 0 Å². The molecule has 32 heavy (non-hydrogen) atoms. The summed E-state index contributed by atoms with van der Waals surface area (Å²) in [6.45, 7) is 10.4. The SMILES string of the molecule is CCNC(=O)N(CC(=O)N1CCc2sccc2[C@H]1COc1ccc(C)cc1)C[C@H](C)CC. The van der Waals surface area contributed by atoms with E-state index in [1.165, 1.54) is 10.4 Å². The smallest absolute Gasteiger partial charge is 0.317 e. The summed E-state index contributed by atoms with van der Waals surface area (Å²) >= 11 is 1.74. The number of benzene rings is 1. The first kappa shape index (κ1) is 24.1. The Labute approximate surface area is 195 Å². The predicted molar refractivity (Wildman–Crippen MR) is 129 cm³/mol. The molecule has 0 unspecified atom stereocenters. The Morgan fingerprint density at radius 2 is 2.00 bits per heavy atom. The molecule has 1 aliphatic heterocycles. The molecule has 0 bridgehead atoms. The Hall–Kier alpha value is -2.54. The van der Waals surface area contributed by atoms with Gasteiger partial charge in [0.2, 0.25) is 5.91 Å². The summed E-state index contributed by atoms with van der Waals surface area (Å²) in [5.41, 5.74) is 2.34. The van der Waals surface area contributed by atoms with Gasteiger partial charge in [-0.15, -0.1) is 11.3 Å². The van der Waals surface area contributed by atoms with Crippen LogP contribution in [0.1, 0.15) is 49.2 Å². The van der Waals surface area contributed by atoms with Gasteiger partial charge in [-0.1, -0.05) is 38.0 Å². The first-order valence-corrected chi connectivity index (χ1v) is 12.4. The van der Waals surface area contributed by atoms with Gasteiger partial charge in [0, 0.05) is 24.5 Å². The average Bonchev–Trinajstić information content (AvgIpc) is 3.27. The van der Waals surface area contributed by atoms with E-state index in [0.717, 1.165) is 24.2 Å². The molecule has 1 aromatic carbocycles. The second-order valence-corrected chi connectivity index (χ2v) is 9.51. The molecular weight excluding hydrogens is 422 g/mol. The second kappa shape index (κ2) is 11.4. The van der Waals surface area contributed by atoms with Gasteiger partial charge in [-0.2, -0.15) is 0 Å². The van der Waals surface area contributed by atoms with Crippen LogP contribution >= 0.6 is 11.3 Å². The van der Waals surface area contributed by atoms with E-state index in [4.69, 9.17) is 4.74 Å². The number of aryl methyl sites for hydroxylation is 1. The summed E-state index contributed by atoms with van der Waals surface area (Å²) < 4.78 is 6.10. The summed E-state index contributed by atoms with van der Waals surface area (Å²) in [6.07, 6.45) is 1.80. The fraction of sp³-hybridized carbons (Fsp3) is 0.520. The van der Waals surface area contributed by atoms with Crippen molar-refractivity contribution in [2.75, 3.05) is 32.8 Å². The molecule has 0 aliphatic carbocycles. The summed E-state index contributed by atoms with van der Waals surface area (Å²) in [7, 11) is 0. The van der Waals surface area contributed by atoms with E-state index in [1.54, 1.807) is 16.2 Å². The third kappa shape index (κ3) is 6.03. The Morgan fingerprint density at radius 3 is 2.69 bits per heavy atom. The Kier molecular flexibility index (Phi) is 8.56. The van der Waals surface area contributed by atoms with Crippen LogP contribution in [0.2, 0.25) is 0 Å². The third-order valence-corrected chi connectivity index (χ3v) is 7.01. The number of hydrogen-bond donors (Lipinski definition) is 1. The first-order chi connectivity index (χ1) is 15.4. The van der Waals surface area contributed by atoms with Gasteiger partial charge in [0.15, 0.2) is 0 Å². The molecule has 0 radical (unpaired) electrons. The predicted octanol–water partition coefficient (Wildman–Crippen LogP) is 4.64. The topological polar surface area (TPSA) is 61.9 Å². The highest BCUT2D eigenvalue weighted by Gasteiger charge is 2.33. The number of amides is 3. The van der Waals surface area contributed by atoms with Crippen LogP contribution in [0.25, 0.3) is 0 Å². The minimum atomic E-state index is -0.179. The zero-order valence-corrected chi connectivity index (χ0v) is 20.4. The van der Waals surface area contributed by atoms with Gasteiger partial charge in [0.05, 0.1) is 6.04 Å². The highest BCUT2D eigenvalue weighted by atomic mass is 32.1. The van der Waals surface area contributed by atoms with Crippen LogP contribution in [-0.2, 0) is 11.2 Å². The molecule has 2 aromatic rings. The molecule has 0 spiro atoms. The van der Waals surface area contributed by atoms with Crippen molar-refractivity contribution >= 4 is 23.3 Å². The molecule has 1 aromatic heterocycles. The lowest BCUT2D eigenvalue weighted by atomic mass is 10.00. The van der Waals surface area contributed by atoms with Gasteiger partial charge >= 0.3 is 6.03 Å². The molecule has 0 saturated heterocycles. The Bertz CT molecular complexity index is 896. The van der Waals surface area contributed by atoms with E-state index in [9.17, 15) is 9.59 Å². The number of hydrogen-bond acceptors (Lipinski definition) is 4. The van der Waals surface area contributed by atoms with E-state index >= 15 is 0 Å². The summed E-state index contributed by atoms with van der Waals surface area (Å²) in [5, 5.41) is 4.94. The molecule has 6 nitrogen and oxygen atoms in total. The van der Waals surface area contributed by atoms with Crippen LogP contribution in [0.15, 0.2) is 35.7 Å². The molecular formula is C25H35N3O3S. The van der Waals surface area contributed by atoms with E-state index in [1.807, 2.05) is 43.0 Å². The van der Waals surface area contributed by atoms with Gasteiger partial charge in [0.1, 0.15) is 18.9 Å². The maximum atomic E-state index is 13.4. The van der Waals surface area contributed by atoms with E-state index in [0.29, 0.717) is 32.2 Å². The fourth-order valence-corrected chi connectivity index (χ4v) is 4.85. The molecule has 1 N–H and O–H groups in total. The third-order valence-electron chi connectivity index (χ3n) is 6.01. The van der Waals surface area contributed by atoms with Gasteiger partial charge < -0.3 is 19.9 Å². The zero-order valence-electron chi connectivity index (χ0n) is 19.6. The minimum Gasteiger partial charge on any atom is -0.491 e. The normalized spacial score (nSPS) is 16.2. The first-order valence-electron chi connectivity index (χ1n) is 11.5. The number of carbonyl (C=O) groups is 2. The molecule has 1 aliphatic rings. The van der Waals surface area contributed by atoms with Crippen LogP contribution in [0, 0.1) is 12.8 Å². The van der Waals surface area contributed by atoms with Crippen LogP contribution in [-0.4, -0.2) is 54.5 Å². The van der Waals surface area contributed by atoms with E-state index in [2.05, 4.69) is 30.6 Å². The van der Waals surface area contributed by atoms with Crippen LogP contribution in [0.3, 0.4) is 0 Å². The Balaban J connectivity index is 1.75. The molecule has 2 atom stereocenters. The van der Waals surface area contributed by atoms with Crippen molar-refractivity contribution in [3.63, 3.8) is 0 Å². The summed E-state index contributed by atoms with van der Waals surface area (Å²) in [6, 6.07) is 9.73. The standard InChI is InChI=1S/C25H35N3O3S/c1-5-18(3)15-27(25(30)26-6-2)16-24(29)28-13-11-23-21(12-14-32-23)22(28)17-31-20-9-7-19(4)8-10-20/h7-10,12,14,18,22H,5-6,11,13,15-17H2,1-4H3,(H,26,30)/t18-,22-/m1/s1. The quantitative estimate of drug-likeness (QED) is 0.597. The van der Waals surface area contributed by atoms with Crippen molar-refractivity contribution < 1.29 is 14.3 Å². The zero-order chi connectivity index (χ0) is 23.1. The molecule has 7 heteroatoms. The number of carbonyl (C=O) groups excluding carboxylic acids is 2.